The lowest BCUT2D eigenvalue weighted by atomic mass is 10.2. The van der Waals surface area contributed by atoms with Crippen LogP contribution in [0.3, 0.4) is 0 Å². The van der Waals surface area contributed by atoms with Crippen LogP contribution in [0.25, 0.3) is 10.6 Å². The number of carbonyl (C=O) groups is 1. The van der Waals surface area contributed by atoms with Crippen LogP contribution < -0.4 is 0 Å². The molecule has 0 unspecified atom stereocenters. The van der Waals surface area contributed by atoms with Gasteiger partial charge in [-0.1, -0.05) is 0 Å². The normalized spacial score (nSPS) is 9.53. The highest BCUT2D eigenvalue weighted by atomic mass is 32.1. The summed E-state index contributed by atoms with van der Waals surface area (Å²) in [4.78, 5) is 16.2. The zero-order valence-electron chi connectivity index (χ0n) is 7.68. The Morgan fingerprint density at radius 1 is 1.40 bits per heavy atom. The summed E-state index contributed by atoms with van der Waals surface area (Å²) in [7, 11) is 0. The van der Waals surface area contributed by atoms with E-state index in [0.717, 1.165) is 11.2 Å². The maximum Gasteiger partial charge on any atom is 0.160 e. The van der Waals surface area contributed by atoms with E-state index in [9.17, 15) is 4.79 Å². The highest BCUT2D eigenvalue weighted by Crippen LogP contribution is 2.27. The third-order valence-electron chi connectivity index (χ3n) is 1.90. The first-order valence-corrected chi connectivity index (χ1v) is 5.07. The van der Waals surface area contributed by atoms with Crippen LogP contribution in [0.4, 0.5) is 0 Å². The Labute approximate surface area is 90.6 Å². The van der Waals surface area contributed by atoms with Gasteiger partial charge in [0.15, 0.2) is 6.29 Å². The fourth-order valence-electron chi connectivity index (χ4n) is 1.24. The number of thiophene rings is 1. The molecular formula is C11H6N2OS. The molecule has 3 nitrogen and oxygen atoms in total. The van der Waals surface area contributed by atoms with Crippen LogP contribution in [0.5, 0.6) is 0 Å². The molecule has 0 amide bonds. The van der Waals surface area contributed by atoms with Crippen LogP contribution >= 0.6 is 11.3 Å². The zero-order chi connectivity index (χ0) is 10.7. The molecule has 15 heavy (non-hydrogen) atoms. The molecule has 0 spiro atoms. The first-order chi connectivity index (χ1) is 7.35. The molecule has 0 atom stereocenters. The maximum atomic E-state index is 10.5. The molecule has 72 valence electrons. The van der Waals surface area contributed by atoms with Crippen LogP contribution in [0.15, 0.2) is 30.5 Å². The van der Waals surface area contributed by atoms with Crippen molar-refractivity contribution in [2.24, 2.45) is 0 Å². The van der Waals surface area contributed by atoms with E-state index in [1.165, 1.54) is 11.3 Å². The highest BCUT2D eigenvalue weighted by molar-refractivity contribution is 7.17. The van der Waals surface area contributed by atoms with Crippen molar-refractivity contribution in [1.82, 2.24) is 4.98 Å². The van der Waals surface area contributed by atoms with Gasteiger partial charge in [-0.3, -0.25) is 9.78 Å². The number of carbonyl (C=O) groups excluding carboxylic acids is 1. The van der Waals surface area contributed by atoms with E-state index >= 15 is 0 Å². The van der Waals surface area contributed by atoms with Crippen LogP contribution in [-0.4, -0.2) is 11.3 Å². The van der Waals surface area contributed by atoms with Gasteiger partial charge in [-0.2, -0.15) is 5.26 Å². The SMILES string of the molecule is N#Cc1cccnc1-c1ccc(C=O)s1. The van der Waals surface area contributed by atoms with Crippen molar-refractivity contribution in [2.75, 3.05) is 0 Å². The number of pyridine rings is 1. The predicted octanol–water partition coefficient (Wildman–Crippen LogP) is 2.49. The van der Waals surface area contributed by atoms with Crippen LogP contribution in [0, 0.1) is 11.3 Å². The van der Waals surface area contributed by atoms with Crippen molar-refractivity contribution in [3.05, 3.63) is 40.9 Å². The lowest BCUT2D eigenvalue weighted by molar-refractivity contribution is 0.112. The Hall–Kier alpha value is -1.99. The summed E-state index contributed by atoms with van der Waals surface area (Å²) >= 11 is 1.33. The maximum absolute atomic E-state index is 10.5. The summed E-state index contributed by atoms with van der Waals surface area (Å²) in [6.45, 7) is 0. The average Bonchev–Trinajstić information content (AvgIpc) is 2.77. The molecule has 0 bridgehead atoms. The molecular weight excluding hydrogens is 208 g/mol. The Kier molecular flexibility index (Phi) is 2.57. The van der Waals surface area contributed by atoms with E-state index < -0.39 is 0 Å². The molecule has 0 aliphatic carbocycles. The lowest BCUT2D eigenvalue weighted by Gasteiger charge is -1.97. The quantitative estimate of drug-likeness (QED) is 0.722. The summed E-state index contributed by atoms with van der Waals surface area (Å²) in [5.74, 6) is 0. The predicted molar refractivity (Wildman–Crippen MR) is 57.7 cm³/mol. The molecule has 0 aliphatic heterocycles. The lowest BCUT2D eigenvalue weighted by Crippen LogP contribution is -1.84. The largest absolute Gasteiger partial charge is 0.297 e. The molecule has 2 heterocycles. The van der Waals surface area contributed by atoms with Crippen molar-refractivity contribution >= 4 is 17.6 Å². The number of aromatic nitrogens is 1. The summed E-state index contributed by atoms with van der Waals surface area (Å²) in [5, 5.41) is 8.89. The first kappa shape index (κ1) is 9.56. The number of nitrogens with zero attached hydrogens (tertiary/aromatic N) is 2. The molecule has 0 fully saturated rings. The van der Waals surface area contributed by atoms with Crippen LogP contribution in [-0.2, 0) is 0 Å². The molecule has 0 saturated heterocycles. The Morgan fingerprint density at radius 3 is 2.93 bits per heavy atom. The minimum Gasteiger partial charge on any atom is -0.297 e. The average molecular weight is 214 g/mol. The molecule has 0 aromatic carbocycles. The van der Waals surface area contributed by atoms with E-state index in [-0.39, 0.29) is 0 Å². The van der Waals surface area contributed by atoms with E-state index in [0.29, 0.717) is 16.1 Å². The minimum absolute atomic E-state index is 0.525. The summed E-state index contributed by atoms with van der Waals surface area (Å²) in [6, 6.07) is 9.03. The number of hydrogen-bond donors (Lipinski definition) is 0. The van der Waals surface area contributed by atoms with E-state index in [1.54, 1.807) is 30.5 Å². The third kappa shape index (κ3) is 1.78. The second-order valence-corrected chi connectivity index (χ2v) is 3.95. The van der Waals surface area contributed by atoms with Gasteiger partial charge in [-0.25, -0.2) is 0 Å². The zero-order valence-corrected chi connectivity index (χ0v) is 8.49. The Balaban J connectivity index is 2.54. The van der Waals surface area contributed by atoms with Crippen molar-refractivity contribution in [3.8, 4) is 16.6 Å². The van der Waals surface area contributed by atoms with Crippen LogP contribution in [0.1, 0.15) is 15.2 Å². The molecule has 0 saturated carbocycles. The molecule has 2 aromatic rings. The summed E-state index contributed by atoms with van der Waals surface area (Å²) in [6.07, 6.45) is 2.43. The number of hydrogen-bond acceptors (Lipinski definition) is 4. The molecule has 0 N–H and O–H groups in total. The summed E-state index contributed by atoms with van der Waals surface area (Å²) < 4.78 is 0. The van der Waals surface area contributed by atoms with Gasteiger partial charge in [-0.05, 0) is 24.3 Å². The van der Waals surface area contributed by atoms with Gasteiger partial charge >= 0.3 is 0 Å². The minimum atomic E-state index is 0.525. The smallest absolute Gasteiger partial charge is 0.160 e. The topological polar surface area (TPSA) is 53.8 Å². The fraction of sp³-hybridized carbons (Fsp3) is 0. The van der Waals surface area contributed by atoms with Crippen molar-refractivity contribution in [3.63, 3.8) is 0 Å². The second kappa shape index (κ2) is 4.03. The van der Waals surface area contributed by atoms with Gasteiger partial charge in [0.2, 0.25) is 0 Å². The number of nitriles is 1. The van der Waals surface area contributed by atoms with Gasteiger partial charge in [-0.15, -0.1) is 11.3 Å². The number of rotatable bonds is 2. The van der Waals surface area contributed by atoms with Gasteiger partial charge in [0.25, 0.3) is 0 Å². The third-order valence-corrected chi connectivity index (χ3v) is 2.92. The summed E-state index contributed by atoms with van der Waals surface area (Å²) in [5.41, 5.74) is 1.16. The van der Waals surface area contributed by atoms with Crippen molar-refractivity contribution in [2.45, 2.75) is 0 Å². The second-order valence-electron chi connectivity index (χ2n) is 2.83. The van der Waals surface area contributed by atoms with E-state index in [1.807, 2.05) is 0 Å². The van der Waals surface area contributed by atoms with Crippen molar-refractivity contribution in [1.29, 1.82) is 5.26 Å². The van der Waals surface area contributed by atoms with E-state index in [2.05, 4.69) is 11.1 Å². The standard InChI is InChI=1S/C11H6N2OS/c12-6-8-2-1-5-13-11(8)10-4-3-9(7-14)15-10/h1-5,7H. The fourth-order valence-corrected chi connectivity index (χ4v) is 2.07. The number of aldehydes is 1. The molecule has 0 aliphatic rings. The Bertz CT molecular complexity index is 540. The van der Waals surface area contributed by atoms with Gasteiger partial charge in [0.1, 0.15) is 6.07 Å². The molecule has 2 rings (SSSR count). The van der Waals surface area contributed by atoms with Gasteiger partial charge in [0, 0.05) is 6.20 Å². The van der Waals surface area contributed by atoms with Crippen molar-refractivity contribution < 1.29 is 4.79 Å². The van der Waals surface area contributed by atoms with Gasteiger partial charge < -0.3 is 0 Å². The van der Waals surface area contributed by atoms with E-state index in [4.69, 9.17) is 5.26 Å². The van der Waals surface area contributed by atoms with Gasteiger partial charge in [0.05, 0.1) is 21.0 Å². The molecule has 4 heteroatoms. The monoisotopic (exact) mass is 214 g/mol. The highest BCUT2D eigenvalue weighted by Gasteiger charge is 2.08. The first-order valence-electron chi connectivity index (χ1n) is 4.25. The molecule has 0 radical (unpaired) electrons. The van der Waals surface area contributed by atoms with Crippen LogP contribution in [0.2, 0.25) is 0 Å². The molecule has 2 aromatic heterocycles. The Morgan fingerprint density at radius 2 is 2.27 bits per heavy atom.